The van der Waals surface area contributed by atoms with Crippen LogP contribution < -0.4 is 5.32 Å². The molecule has 0 bridgehead atoms. The molecule has 1 rings (SSSR count). The summed E-state index contributed by atoms with van der Waals surface area (Å²) >= 11 is 0. The number of hydrogen-bond acceptors (Lipinski definition) is 2. The van der Waals surface area contributed by atoms with Crippen LogP contribution in [-0.2, 0) is 13.6 Å². The molecule has 0 aliphatic carbocycles. The van der Waals surface area contributed by atoms with Crippen molar-refractivity contribution in [2.45, 2.75) is 20.4 Å². The summed E-state index contributed by atoms with van der Waals surface area (Å²) in [5.41, 5.74) is 2.43. The zero-order chi connectivity index (χ0) is 9.68. The molecule has 72 valence electrons. The summed E-state index contributed by atoms with van der Waals surface area (Å²) in [6, 6.07) is 2.02. The molecule has 3 nitrogen and oxygen atoms in total. The number of allylic oxidation sites excluding steroid dienone is 1. The van der Waals surface area contributed by atoms with Crippen LogP contribution in [0.1, 0.15) is 19.5 Å². The molecule has 1 aromatic rings. The van der Waals surface area contributed by atoms with Gasteiger partial charge in [0.15, 0.2) is 0 Å². The van der Waals surface area contributed by atoms with Crippen LogP contribution in [0.2, 0.25) is 0 Å². The molecule has 0 aliphatic rings. The Labute approximate surface area is 79.5 Å². The fourth-order valence-corrected chi connectivity index (χ4v) is 1.03. The lowest BCUT2D eigenvalue weighted by molar-refractivity contribution is 0.691. The molecule has 0 spiro atoms. The Balaban J connectivity index is 2.24. The predicted molar refractivity (Wildman–Crippen MR) is 54.3 cm³/mol. The van der Waals surface area contributed by atoms with Gasteiger partial charge < -0.3 is 5.32 Å². The second-order valence-corrected chi connectivity index (χ2v) is 3.39. The molecule has 0 fully saturated rings. The summed E-state index contributed by atoms with van der Waals surface area (Å²) < 4.78 is 1.82. The van der Waals surface area contributed by atoms with Gasteiger partial charge in [-0.05, 0) is 19.9 Å². The SMILES string of the molecule is CC(C)=CCNCc1ccn(C)n1. The highest BCUT2D eigenvalue weighted by Crippen LogP contribution is 1.93. The van der Waals surface area contributed by atoms with Crippen molar-refractivity contribution in [1.82, 2.24) is 15.1 Å². The maximum Gasteiger partial charge on any atom is 0.0762 e. The summed E-state index contributed by atoms with van der Waals surface area (Å²) in [5.74, 6) is 0. The zero-order valence-electron chi connectivity index (χ0n) is 8.54. The van der Waals surface area contributed by atoms with Crippen LogP contribution in [0.25, 0.3) is 0 Å². The second-order valence-electron chi connectivity index (χ2n) is 3.39. The molecule has 3 heteroatoms. The first-order chi connectivity index (χ1) is 6.18. The van der Waals surface area contributed by atoms with E-state index in [2.05, 4.69) is 30.3 Å². The number of aryl methyl sites for hydroxylation is 1. The van der Waals surface area contributed by atoms with Crippen molar-refractivity contribution in [2.24, 2.45) is 7.05 Å². The third-order valence-corrected chi connectivity index (χ3v) is 1.73. The van der Waals surface area contributed by atoms with Gasteiger partial charge in [0.2, 0.25) is 0 Å². The second kappa shape index (κ2) is 4.82. The summed E-state index contributed by atoms with van der Waals surface area (Å²) in [7, 11) is 1.93. The van der Waals surface area contributed by atoms with Crippen LogP contribution in [0.15, 0.2) is 23.9 Å². The largest absolute Gasteiger partial charge is 0.308 e. The van der Waals surface area contributed by atoms with Crippen molar-refractivity contribution in [3.05, 3.63) is 29.6 Å². The molecule has 0 radical (unpaired) electrons. The highest BCUT2D eigenvalue weighted by Gasteiger charge is 1.93. The molecule has 0 amide bonds. The minimum absolute atomic E-state index is 0.838. The average molecular weight is 179 g/mol. The van der Waals surface area contributed by atoms with Gasteiger partial charge in [-0.25, -0.2) is 0 Å². The van der Waals surface area contributed by atoms with Crippen LogP contribution in [0.3, 0.4) is 0 Å². The number of aromatic nitrogens is 2. The first-order valence-electron chi connectivity index (χ1n) is 4.51. The van der Waals surface area contributed by atoms with Crippen molar-refractivity contribution < 1.29 is 0 Å². The predicted octanol–water partition coefficient (Wildman–Crippen LogP) is 1.48. The molecule has 0 aliphatic heterocycles. The van der Waals surface area contributed by atoms with E-state index in [0.29, 0.717) is 0 Å². The van der Waals surface area contributed by atoms with Gasteiger partial charge in [-0.2, -0.15) is 5.10 Å². The molecule has 13 heavy (non-hydrogen) atoms. The Bertz CT molecular complexity index is 282. The first-order valence-corrected chi connectivity index (χ1v) is 4.51. The van der Waals surface area contributed by atoms with Gasteiger partial charge in [-0.1, -0.05) is 11.6 Å². The van der Waals surface area contributed by atoms with Gasteiger partial charge >= 0.3 is 0 Å². The topological polar surface area (TPSA) is 29.9 Å². The van der Waals surface area contributed by atoms with Crippen LogP contribution in [0, 0.1) is 0 Å². The summed E-state index contributed by atoms with van der Waals surface area (Å²) in [6.07, 6.45) is 4.13. The van der Waals surface area contributed by atoms with Crippen molar-refractivity contribution in [3.8, 4) is 0 Å². The van der Waals surface area contributed by atoms with Gasteiger partial charge in [0, 0.05) is 26.3 Å². The standard InChI is InChI=1S/C10H17N3/c1-9(2)4-6-11-8-10-5-7-13(3)12-10/h4-5,7,11H,6,8H2,1-3H3. The van der Waals surface area contributed by atoms with Crippen molar-refractivity contribution in [2.75, 3.05) is 6.54 Å². The van der Waals surface area contributed by atoms with E-state index in [-0.39, 0.29) is 0 Å². The van der Waals surface area contributed by atoms with Crippen LogP contribution in [0.5, 0.6) is 0 Å². The van der Waals surface area contributed by atoms with E-state index in [1.54, 1.807) is 0 Å². The summed E-state index contributed by atoms with van der Waals surface area (Å²) in [4.78, 5) is 0. The fourth-order valence-electron chi connectivity index (χ4n) is 1.03. The molecule has 0 atom stereocenters. The van der Waals surface area contributed by atoms with Gasteiger partial charge in [-0.3, -0.25) is 4.68 Å². The van der Waals surface area contributed by atoms with Crippen molar-refractivity contribution in [3.63, 3.8) is 0 Å². The van der Waals surface area contributed by atoms with E-state index in [1.807, 2.05) is 24.0 Å². The first kappa shape index (κ1) is 9.99. The van der Waals surface area contributed by atoms with Crippen LogP contribution in [-0.4, -0.2) is 16.3 Å². The quantitative estimate of drug-likeness (QED) is 0.560. The Kier molecular flexibility index (Phi) is 3.71. The monoisotopic (exact) mass is 179 g/mol. The van der Waals surface area contributed by atoms with Gasteiger partial charge in [0.1, 0.15) is 0 Å². The Morgan fingerprint density at radius 3 is 2.92 bits per heavy atom. The van der Waals surface area contributed by atoms with Gasteiger partial charge in [0.05, 0.1) is 5.69 Å². The molecule has 1 aromatic heterocycles. The molecule has 0 aromatic carbocycles. The molecule has 1 N–H and O–H groups in total. The molecular weight excluding hydrogens is 162 g/mol. The average Bonchev–Trinajstić information content (AvgIpc) is 2.45. The van der Waals surface area contributed by atoms with Crippen LogP contribution in [0.4, 0.5) is 0 Å². The number of nitrogens with one attached hydrogen (secondary N) is 1. The third-order valence-electron chi connectivity index (χ3n) is 1.73. The van der Waals surface area contributed by atoms with Crippen LogP contribution >= 0.6 is 0 Å². The lowest BCUT2D eigenvalue weighted by atomic mass is 10.3. The Morgan fingerprint density at radius 2 is 2.38 bits per heavy atom. The van der Waals surface area contributed by atoms with E-state index in [1.165, 1.54) is 5.57 Å². The third kappa shape index (κ3) is 3.90. The molecule has 0 unspecified atom stereocenters. The smallest absolute Gasteiger partial charge is 0.0762 e. The normalized spacial score (nSPS) is 10.1. The highest BCUT2D eigenvalue weighted by molar-refractivity contribution is 4.99. The summed E-state index contributed by atoms with van der Waals surface area (Å²) in [6.45, 7) is 5.95. The maximum atomic E-state index is 4.26. The molecule has 1 heterocycles. The zero-order valence-corrected chi connectivity index (χ0v) is 8.54. The number of rotatable bonds is 4. The van der Waals surface area contributed by atoms with E-state index < -0.39 is 0 Å². The van der Waals surface area contributed by atoms with Crippen molar-refractivity contribution >= 4 is 0 Å². The molecular formula is C10H17N3. The maximum absolute atomic E-state index is 4.26. The minimum Gasteiger partial charge on any atom is -0.308 e. The lowest BCUT2D eigenvalue weighted by Crippen LogP contribution is -2.13. The summed E-state index contributed by atoms with van der Waals surface area (Å²) in [5, 5.41) is 7.55. The van der Waals surface area contributed by atoms with Gasteiger partial charge in [-0.15, -0.1) is 0 Å². The fraction of sp³-hybridized carbons (Fsp3) is 0.500. The highest BCUT2D eigenvalue weighted by atomic mass is 15.3. The number of nitrogens with zero attached hydrogens (tertiary/aromatic N) is 2. The van der Waals surface area contributed by atoms with Gasteiger partial charge in [0.25, 0.3) is 0 Å². The number of hydrogen-bond donors (Lipinski definition) is 1. The van der Waals surface area contributed by atoms with E-state index >= 15 is 0 Å². The minimum atomic E-state index is 0.838. The van der Waals surface area contributed by atoms with Crippen molar-refractivity contribution in [1.29, 1.82) is 0 Å². The lowest BCUT2D eigenvalue weighted by Gasteiger charge is -1.97. The Hall–Kier alpha value is -1.09. The van der Waals surface area contributed by atoms with E-state index in [9.17, 15) is 0 Å². The molecule has 0 saturated heterocycles. The van der Waals surface area contributed by atoms with E-state index in [4.69, 9.17) is 0 Å². The Morgan fingerprint density at radius 1 is 1.62 bits per heavy atom. The van der Waals surface area contributed by atoms with E-state index in [0.717, 1.165) is 18.8 Å². The molecule has 0 saturated carbocycles.